The number of hydrogen-bond acceptors (Lipinski definition) is 3. The number of benzene rings is 1. The Morgan fingerprint density at radius 2 is 2.22 bits per heavy atom. The summed E-state index contributed by atoms with van der Waals surface area (Å²) in [6.45, 7) is 2.21. The van der Waals surface area contributed by atoms with E-state index in [4.69, 9.17) is 9.84 Å². The summed E-state index contributed by atoms with van der Waals surface area (Å²) in [5.41, 5.74) is 0. The minimum atomic E-state index is -0.438. The average Bonchev–Trinajstić information content (AvgIpc) is 2.31. The van der Waals surface area contributed by atoms with Gasteiger partial charge in [-0.3, -0.25) is 4.79 Å². The Morgan fingerprint density at radius 1 is 1.50 bits per heavy atom. The van der Waals surface area contributed by atoms with E-state index in [0.717, 1.165) is 0 Å². The van der Waals surface area contributed by atoms with Crippen LogP contribution in [-0.4, -0.2) is 30.3 Å². The van der Waals surface area contributed by atoms with Gasteiger partial charge in [0, 0.05) is 6.54 Å². The van der Waals surface area contributed by atoms with Crippen LogP contribution in [0, 0.1) is 5.82 Å². The Balaban J connectivity index is 2.18. The molecule has 0 aliphatic carbocycles. The number of hydrogen-bond donors (Lipinski definition) is 2. The lowest BCUT2D eigenvalue weighted by atomic mass is 10.3. The Bertz CT molecular complexity index is 382. The van der Waals surface area contributed by atoms with Crippen LogP contribution in [0.2, 0.25) is 0 Å². The van der Waals surface area contributed by atoms with Crippen LogP contribution >= 0.6 is 0 Å². The van der Waals surface area contributed by atoms with Crippen molar-refractivity contribution in [1.29, 1.82) is 0 Å². The van der Waals surface area contributed by atoms with E-state index in [1.807, 2.05) is 0 Å². The Hall–Kier alpha value is -1.62. The van der Waals surface area contributed by atoms with E-state index in [0.29, 0.717) is 13.0 Å². The first-order chi connectivity index (χ1) is 8.59. The lowest BCUT2D eigenvalue weighted by molar-refractivity contribution is -0.121. The predicted molar refractivity (Wildman–Crippen MR) is 65.8 cm³/mol. The Labute approximate surface area is 106 Å². The van der Waals surface area contributed by atoms with Gasteiger partial charge in [0.15, 0.2) is 11.6 Å². The highest BCUT2D eigenvalue weighted by molar-refractivity contribution is 5.75. The highest BCUT2D eigenvalue weighted by atomic mass is 19.1. The van der Waals surface area contributed by atoms with Gasteiger partial charge in [-0.2, -0.15) is 0 Å². The monoisotopic (exact) mass is 255 g/mol. The maximum absolute atomic E-state index is 13.2. The topological polar surface area (TPSA) is 58.6 Å². The number of aliphatic hydroxyl groups is 1. The van der Waals surface area contributed by atoms with E-state index in [1.165, 1.54) is 12.1 Å². The normalized spacial score (nSPS) is 11.9. The molecule has 2 N–H and O–H groups in total. The maximum atomic E-state index is 13.2. The van der Waals surface area contributed by atoms with Crippen molar-refractivity contribution in [2.24, 2.45) is 0 Å². The molecule has 0 fully saturated rings. The zero-order valence-electron chi connectivity index (χ0n) is 10.4. The van der Waals surface area contributed by atoms with Crippen LogP contribution in [0.5, 0.6) is 5.75 Å². The quantitative estimate of drug-likeness (QED) is 0.776. The summed E-state index contributed by atoms with van der Waals surface area (Å²) < 4.78 is 18.3. The van der Waals surface area contributed by atoms with Gasteiger partial charge in [0.2, 0.25) is 5.91 Å². The van der Waals surface area contributed by atoms with Crippen LogP contribution in [-0.2, 0) is 4.79 Å². The number of rotatable bonds is 7. The SMILES string of the molecule is CC(O)CCNC(=O)CCOc1ccccc1F. The number of aliphatic hydroxyl groups excluding tert-OH is 1. The van der Waals surface area contributed by atoms with Crippen molar-refractivity contribution in [2.75, 3.05) is 13.2 Å². The van der Waals surface area contributed by atoms with Crippen molar-refractivity contribution in [3.8, 4) is 5.75 Å². The van der Waals surface area contributed by atoms with Crippen molar-refractivity contribution in [3.05, 3.63) is 30.1 Å². The number of halogens is 1. The van der Waals surface area contributed by atoms with Gasteiger partial charge in [-0.1, -0.05) is 12.1 Å². The van der Waals surface area contributed by atoms with E-state index in [1.54, 1.807) is 19.1 Å². The minimum absolute atomic E-state index is 0.126. The summed E-state index contributed by atoms with van der Waals surface area (Å²) in [6.07, 6.45) is 0.244. The molecule has 100 valence electrons. The molecule has 5 heteroatoms. The van der Waals surface area contributed by atoms with Crippen molar-refractivity contribution in [3.63, 3.8) is 0 Å². The minimum Gasteiger partial charge on any atom is -0.490 e. The van der Waals surface area contributed by atoms with Crippen LogP contribution in [0.4, 0.5) is 4.39 Å². The van der Waals surface area contributed by atoms with Crippen molar-refractivity contribution in [2.45, 2.75) is 25.9 Å². The van der Waals surface area contributed by atoms with Crippen molar-refractivity contribution in [1.82, 2.24) is 5.32 Å². The lowest BCUT2D eigenvalue weighted by Crippen LogP contribution is -2.27. The molecule has 1 aromatic rings. The van der Waals surface area contributed by atoms with Gasteiger partial charge in [0.1, 0.15) is 0 Å². The predicted octanol–water partition coefficient (Wildman–Crippen LogP) is 1.48. The fraction of sp³-hybridized carbons (Fsp3) is 0.462. The summed E-state index contributed by atoms with van der Waals surface area (Å²) in [7, 11) is 0. The smallest absolute Gasteiger partial charge is 0.223 e. The summed E-state index contributed by atoms with van der Waals surface area (Å²) >= 11 is 0. The highest BCUT2D eigenvalue weighted by Crippen LogP contribution is 2.15. The third-order valence-corrected chi connectivity index (χ3v) is 2.31. The molecule has 0 bridgehead atoms. The second kappa shape index (κ2) is 7.66. The summed E-state index contributed by atoms with van der Waals surface area (Å²) in [6, 6.07) is 6.06. The molecule has 0 aliphatic heterocycles. The molecule has 0 radical (unpaired) electrons. The number of ether oxygens (including phenoxy) is 1. The van der Waals surface area contributed by atoms with Gasteiger partial charge in [-0.05, 0) is 25.5 Å². The molecule has 0 saturated heterocycles. The Kier molecular flexibility index (Phi) is 6.14. The molecule has 0 heterocycles. The van der Waals surface area contributed by atoms with Gasteiger partial charge >= 0.3 is 0 Å². The molecular weight excluding hydrogens is 237 g/mol. The summed E-state index contributed by atoms with van der Waals surface area (Å²) in [5.74, 6) is -0.465. The maximum Gasteiger partial charge on any atom is 0.223 e. The van der Waals surface area contributed by atoms with Crippen LogP contribution in [0.15, 0.2) is 24.3 Å². The molecular formula is C13H18FNO3. The molecule has 18 heavy (non-hydrogen) atoms. The summed E-state index contributed by atoms with van der Waals surface area (Å²) in [4.78, 5) is 11.3. The van der Waals surface area contributed by atoms with Crippen molar-refractivity contribution < 1.29 is 19.0 Å². The molecule has 0 saturated carbocycles. The zero-order valence-corrected chi connectivity index (χ0v) is 10.4. The molecule has 4 nitrogen and oxygen atoms in total. The molecule has 0 spiro atoms. The Morgan fingerprint density at radius 3 is 2.89 bits per heavy atom. The van der Waals surface area contributed by atoms with E-state index < -0.39 is 11.9 Å². The number of carbonyl (C=O) groups is 1. The van der Waals surface area contributed by atoms with Gasteiger partial charge in [-0.25, -0.2) is 4.39 Å². The van der Waals surface area contributed by atoms with Gasteiger partial charge in [-0.15, -0.1) is 0 Å². The highest BCUT2D eigenvalue weighted by Gasteiger charge is 2.05. The van der Waals surface area contributed by atoms with Gasteiger partial charge in [0.25, 0.3) is 0 Å². The van der Waals surface area contributed by atoms with E-state index in [2.05, 4.69) is 5.32 Å². The standard InChI is InChI=1S/C13H18FNO3/c1-10(16)6-8-15-13(17)7-9-18-12-5-3-2-4-11(12)14/h2-5,10,16H,6-9H2,1H3,(H,15,17). The molecule has 1 aromatic carbocycles. The first-order valence-corrected chi connectivity index (χ1v) is 5.91. The van der Waals surface area contributed by atoms with Crippen LogP contribution in [0.25, 0.3) is 0 Å². The molecule has 1 atom stereocenters. The van der Waals surface area contributed by atoms with Crippen LogP contribution in [0.3, 0.4) is 0 Å². The largest absolute Gasteiger partial charge is 0.490 e. The first-order valence-electron chi connectivity index (χ1n) is 5.91. The molecule has 1 amide bonds. The van der Waals surface area contributed by atoms with Crippen molar-refractivity contribution >= 4 is 5.91 Å². The number of nitrogens with one attached hydrogen (secondary N) is 1. The van der Waals surface area contributed by atoms with E-state index in [-0.39, 0.29) is 24.7 Å². The number of para-hydroxylation sites is 1. The second-order valence-corrected chi connectivity index (χ2v) is 4.02. The van der Waals surface area contributed by atoms with Gasteiger partial charge < -0.3 is 15.2 Å². The summed E-state index contributed by atoms with van der Waals surface area (Å²) in [5, 5.41) is 11.6. The third kappa shape index (κ3) is 5.63. The lowest BCUT2D eigenvalue weighted by Gasteiger charge is -2.08. The molecule has 1 rings (SSSR count). The fourth-order valence-electron chi connectivity index (χ4n) is 1.32. The first kappa shape index (κ1) is 14.4. The van der Waals surface area contributed by atoms with Gasteiger partial charge in [0.05, 0.1) is 19.1 Å². The van der Waals surface area contributed by atoms with E-state index >= 15 is 0 Å². The van der Waals surface area contributed by atoms with Crippen LogP contribution in [0.1, 0.15) is 19.8 Å². The average molecular weight is 255 g/mol. The number of carbonyl (C=O) groups excluding carboxylic acids is 1. The third-order valence-electron chi connectivity index (χ3n) is 2.31. The molecule has 1 unspecified atom stereocenters. The molecule has 0 aromatic heterocycles. The fourth-order valence-corrected chi connectivity index (χ4v) is 1.32. The van der Waals surface area contributed by atoms with E-state index in [9.17, 15) is 9.18 Å². The second-order valence-electron chi connectivity index (χ2n) is 4.02. The molecule has 0 aliphatic rings. The number of amides is 1. The van der Waals surface area contributed by atoms with Crippen LogP contribution < -0.4 is 10.1 Å². The zero-order chi connectivity index (χ0) is 13.4.